The quantitative estimate of drug-likeness (QED) is 0.550. The SMILES string of the molecule is CCS(=O)c1cccc([N+](=O)[O-])c1. The molecule has 0 spiro atoms. The maximum absolute atomic E-state index is 11.3. The molecule has 0 aliphatic rings. The third-order valence-electron chi connectivity index (χ3n) is 1.55. The summed E-state index contributed by atoms with van der Waals surface area (Å²) in [5.74, 6) is 0.473. The summed E-state index contributed by atoms with van der Waals surface area (Å²) in [5, 5.41) is 10.4. The van der Waals surface area contributed by atoms with Gasteiger partial charge >= 0.3 is 0 Å². The van der Waals surface area contributed by atoms with Crippen molar-refractivity contribution < 1.29 is 9.13 Å². The van der Waals surface area contributed by atoms with E-state index >= 15 is 0 Å². The largest absolute Gasteiger partial charge is 0.270 e. The minimum atomic E-state index is -1.12. The summed E-state index contributed by atoms with van der Waals surface area (Å²) in [4.78, 5) is 10.4. The summed E-state index contributed by atoms with van der Waals surface area (Å²) in [6, 6.07) is 5.91. The van der Waals surface area contributed by atoms with E-state index < -0.39 is 15.7 Å². The molecule has 0 amide bonds. The molecule has 0 aliphatic heterocycles. The highest BCUT2D eigenvalue weighted by atomic mass is 32.2. The van der Waals surface area contributed by atoms with E-state index in [2.05, 4.69) is 0 Å². The molecule has 0 bridgehead atoms. The van der Waals surface area contributed by atoms with Crippen LogP contribution in [0.15, 0.2) is 29.2 Å². The van der Waals surface area contributed by atoms with Gasteiger partial charge in [0, 0.05) is 22.8 Å². The second-order valence-electron chi connectivity index (χ2n) is 2.39. The first-order valence-electron chi connectivity index (χ1n) is 3.78. The monoisotopic (exact) mass is 199 g/mol. The molecule has 0 saturated heterocycles. The third kappa shape index (κ3) is 2.35. The predicted molar refractivity (Wildman–Crippen MR) is 50.0 cm³/mol. The van der Waals surface area contributed by atoms with Crippen LogP contribution >= 0.6 is 0 Å². The van der Waals surface area contributed by atoms with Gasteiger partial charge in [0.25, 0.3) is 5.69 Å². The Morgan fingerprint density at radius 1 is 1.54 bits per heavy atom. The van der Waals surface area contributed by atoms with Gasteiger partial charge in [0.1, 0.15) is 0 Å². The molecule has 0 aliphatic carbocycles. The van der Waals surface area contributed by atoms with Gasteiger partial charge < -0.3 is 0 Å². The molecule has 0 aromatic heterocycles. The number of non-ortho nitro benzene ring substituents is 1. The Balaban J connectivity index is 3.05. The van der Waals surface area contributed by atoms with Gasteiger partial charge in [-0.05, 0) is 6.07 Å². The summed E-state index contributed by atoms with van der Waals surface area (Å²) in [6.07, 6.45) is 0. The molecular formula is C8H9NO3S. The van der Waals surface area contributed by atoms with Crippen molar-refractivity contribution in [3.8, 4) is 0 Å². The zero-order valence-corrected chi connectivity index (χ0v) is 7.91. The number of nitro groups is 1. The number of hydrogen-bond acceptors (Lipinski definition) is 3. The van der Waals surface area contributed by atoms with Crippen molar-refractivity contribution in [2.45, 2.75) is 11.8 Å². The summed E-state index contributed by atoms with van der Waals surface area (Å²) in [5.41, 5.74) is -0.0145. The third-order valence-corrected chi connectivity index (χ3v) is 2.86. The first-order chi connectivity index (χ1) is 6.15. The van der Waals surface area contributed by atoms with E-state index in [-0.39, 0.29) is 5.69 Å². The van der Waals surface area contributed by atoms with Crippen LogP contribution in [0.25, 0.3) is 0 Å². The highest BCUT2D eigenvalue weighted by molar-refractivity contribution is 7.85. The fourth-order valence-corrected chi connectivity index (χ4v) is 1.72. The van der Waals surface area contributed by atoms with E-state index in [0.29, 0.717) is 10.6 Å². The van der Waals surface area contributed by atoms with Gasteiger partial charge in [-0.3, -0.25) is 14.3 Å². The number of hydrogen-bond donors (Lipinski definition) is 0. The highest BCUT2D eigenvalue weighted by Crippen LogP contribution is 2.15. The topological polar surface area (TPSA) is 60.2 Å². The van der Waals surface area contributed by atoms with Crippen molar-refractivity contribution in [1.82, 2.24) is 0 Å². The Morgan fingerprint density at radius 3 is 2.77 bits per heavy atom. The Bertz CT molecular complexity index is 351. The number of nitro benzene ring substituents is 1. The fraction of sp³-hybridized carbons (Fsp3) is 0.250. The number of rotatable bonds is 3. The van der Waals surface area contributed by atoms with E-state index in [0.717, 1.165) is 0 Å². The van der Waals surface area contributed by atoms with E-state index in [4.69, 9.17) is 0 Å². The normalized spacial score (nSPS) is 12.4. The summed E-state index contributed by atoms with van der Waals surface area (Å²) in [7, 11) is -1.12. The first-order valence-corrected chi connectivity index (χ1v) is 5.10. The van der Waals surface area contributed by atoms with E-state index in [9.17, 15) is 14.3 Å². The molecule has 0 saturated carbocycles. The molecule has 1 aromatic rings. The average molecular weight is 199 g/mol. The van der Waals surface area contributed by atoms with Gasteiger partial charge in [-0.25, -0.2) is 0 Å². The van der Waals surface area contributed by atoms with Crippen LogP contribution in [-0.2, 0) is 10.8 Å². The predicted octanol–water partition coefficient (Wildman–Crippen LogP) is 1.72. The molecule has 0 heterocycles. The van der Waals surface area contributed by atoms with Crippen LogP contribution in [0.2, 0.25) is 0 Å². The van der Waals surface area contributed by atoms with Gasteiger partial charge in [-0.15, -0.1) is 0 Å². The van der Waals surface area contributed by atoms with Crippen LogP contribution in [0, 0.1) is 10.1 Å². The maximum atomic E-state index is 11.3. The molecule has 5 heteroatoms. The van der Waals surface area contributed by atoms with Crippen molar-refractivity contribution in [1.29, 1.82) is 0 Å². The first kappa shape index (κ1) is 9.85. The molecule has 0 fully saturated rings. The van der Waals surface area contributed by atoms with Gasteiger partial charge in [0.2, 0.25) is 0 Å². The summed E-state index contributed by atoms with van der Waals surface area (Å²) in [6.45, 7) is 1.77. The van der Waals surface area contributed by atoms with Gasteiger partial charge in [0.15, 0.2) is 0 Å². The Labute approximate surface area is 78.2 Å². The zero-order valence-electron chi connectivity index (χ0n) is 7.10. The van der Waals surface area contributed by atoms with Crippen molar-refractivity contribution in [3.05, 3.63) is 34.4 Å². The van der Waals surface area contributed by atoms with Gasteiger partial charge in [-0.1, -0.05) is 13.0 Å². The fourth-order valence-electron chi connectivity index (χ4n) is 0.905. The number of nitrogens with zero attached hydrogens (tertiary/aromatic N) is 1. The summed E-state index contributed by atoms with van der Waals surface area (Å²) >= 11 is 0. The molecule has 13 heavy (non-hydrogen) atoms. The van der Waals surface area contributed by atoms with Crippen LogP contribution in [0.3, 0.4) is 0 Å². The molecule has 0 N–H and O–H groups in total. The van der Waals surface area contributed by atoms with Crippen molar-refractivity contribution in [2.75, 3.05) is 5.75 Å². The molecule has 70 valence electrons. The average Bonchev–Trinajstić information content (AvgIpc) is 2.17. The smallest absolute Gasteiger partial charge is 0.258 e. The minimum Gasteiger partial charge on any atom is -0.258 e. The van der Waals surface area contributed by atoms with Gasteiger partial charge in [-0.2, -0.15) is 0 Å². The van der Waals surface area contributed by atoms with Crippen molar-refractivity contribution in [2.24, 2.45) is 0 Å². The highest BCUT2D eigenvalue weighted by Gasteiger charge is 2.08. The molecule has 0 radical (unpaired) electrons. The second kappa shape index (κ2) is 4.13. The molecule has 1 atom stereocenters. The van der Waals surface area contributed by atoms with E-state index in [1.54, 1.807) is 19.1 Å². The van der Waals surface area contributed by atoms with Crippen LogP contribution < -0.4 is 0 Å². The van der Waals surface area contributed by atoms with Crippen LogP contribution in [0.5, 0.6) is 0 Å². The van der Waals surface area contributed by atoms with Crippen LogP contribution in [-0.4, -0.2) is 14.9 Å². The molecule has 1 unspecified atom stereocenters. The Kier molecular flexibility index (Phi) is 3.13. The van der Waals surface area contributed by atoms with Gasteiger partial charge in [0.05, 0.1) is 15.7 Å². The second-order valence-corrected chi connectivity index (χ2v) is 4.13. The lowest BCUT2D eigenvalue weighted by Crippen LogP contribution is -1.95. The molecule has 1 rings (SSSR count). The number of benzene rings is 1. The Morgan fingerprint density at radius 2 is 2.23 bits per heavy atom. The van der Waals surface area contributed by atoms with Crippen molar-refractivity contribution in [3.63, 3.8) is 0 Å². The molecule has 4 nitrogen and oxygen atoms in total. The lowest BCUT2D eigenvalue weighted by molar-refractivity contribution is -0.385. The van der Waals surface area contributed by atoms with Crippen molar-refractivity contribution >= 4 is 16.5 Å². The lowest BCUT2D eigenvalue weighted by Gasteiger charge is -1.97. The molecule has 1 aromatic carbocycles. The lowest BCUT2D eigenvalue weighted by atomic mass is 10.3. The van der Waals surface area contributed by atoms with E-state index in [1.165, 1.54) is 12.1 Å². The zero-order chi connectivity index (χ0) is 9.84. The molecular weight excluding hydrogens is 190 g/mol. The van der Waals surface area contributed by atoms with Crippen LogP contribution in [0.4, 0.5) is 5.69 Å². The van der Waals surface area contributed by atoms with Crippen LogP contribution in [0.1, 0.15) is 6.92 Å². The summed E-state index contributed by atoms with van der Waals surface area (Å²) < 4.78 is 11.3. The Hall–Kier alpha value is -1.23. The standard InChI is InChI=1S/C8H9NO3S/c1-2-13(12)8-5-3-4-7(6-8)9(10)11/h3-6H,2H2,1H3. The van der Waals surface area contributed by atoms with E-state index in [1.807, 2.05) is 0 Å². The maximum Gasteiger partial charge on any atom is 0.270 e. The minimum absolute atomic E-state index is 0.0145.